The molecule has 0 aliphatic heterocycles. The van der Waals surface area contributed by atoms with E-state index < -0.39 is 0 Å². The van der Waals surface area contributed by atoms with Gasteiger partial charge >= 0.3 is 11.9 Å². The number of rotatable bonds is 29. The van der Waals surface area contributed by atoms with E-state index in [1.807, 2.05) is 0 Å². The lowest BCUT2D eigenvalue weighted by Crippen LogP contribution is -2.32. The van der Waals surface area contributed by atoms with Crippen LogP contribution in [-0.2, 0) is 19.1 Å². The molecule has 0 spiro atoms. The van der Waals surface area contributed by atoms with Crippen molar-refractivity contribution in [1.82, 2.24) is 0 Å². The zero-order chi connectivity index (χ0) is 28.1. The minimum absolute atomic E-state index is 0.248. The maximum absolute atomic E-state index is 12.6. The first-order chi connectivity index (χ1) is 18.6. The third kappa shape index (κ3) is 21.8. The zero-order valence-electron chi connectivity index (χ0n) is 26.2. The zero-order valence-corrected chi connectivity index (χ0v) is 26.2. The number of unbranched alkanes of at least 4 members (excludes halogenated alkanes) is 22. The van der Waals surface area contributed by atoms with Gasteiger partial charge in [0.2, 0.25) is 0 Å². The van der Waals surface area contributed by atoms with Gasteiger partial charge in [0, 0.05) is 0 Å². The van der Waals surface area contributed by atoms with Crippen LogP contribution in [0.15, 0.2) is 0 Å². The van der Waals surface area contributed by atoms with E-state index in [2.05, 4.69) is 13.8 Å². The van der Waals surface area contributed by atoms with Crippen molar-refractivity contribution in [2.24, 2.45) is 11.8 Å². The van der Waals surface area contributed by atoms with Gasteiger partial charge in [-0.05, 0) is 12.8 Å². The average molecular weight is 539 g/mol. The number of hydrogen-bond acceptors (Lipinski definition) is 4. The van der Waals surface area contributed by atoms with Crippen molar-refractivity contribution >= 4 is 11.9 Å². The van der Waals surface area contributed by atoms with E-state index in [1.54, 1.807) is 0 Å². The molecule has 38 heavy (non-hydrogen) atoms. The normalized spacial score (nSPS) is 12.8. The summed E-state index contributed by atoms with van der Waals surface area (Å²) in [4.78, 5) is 25.2. The Balaban J connectivity index is 4.14. The molecule has 226 valence electrons. The maximum atomic E-state index is 12.6. The van der Waals surface area contributed by atoms with Crippen molar-refractivity contribution in [3.05, 3.63) is 0 Å². The van der Waals surface area contributed by atoms with Gasteiger partial charge in [0.05, 0.1) is 26.1 Å². The third-order valence-corrected chi connectivity index (χ3v) is 8.23. The Kier molecular flexibility index (Phi) is 28.1. The molecule has 2 unspecified atom stereocenters. The standard InChI is InChI=1S/C34H66O4/c1-5-7-9-11-13-15-17-19-21-23-25-27-29-31(33(35)37-3)32(34(36)38-4)30-28-26-24-22-20-18-16-14-12-10-8-6-2/h31-32H,5-30H2,1-4H3. The molecule has 0 aromatic heterocycles. The fourth-order valence-electron chi connectivity index (χ4n) is 5.68. The van der Waals surface area contributed by atoms with E-state index in [9.17, 15) is 9.59 Å². The number of esters is 2. The molecule has 0 saturated heterocycles. The van der Waals surface area contributed by atoms with Gasteiger partial charge in [-0.3, -0.25) is 9.59 Å². The molecule has 0 radical (unpaired) electrons. The number of carbonyl (C=O) groups is 2. The van der Waals surface area contributed by atoms with E-state index in [4.69, 9.17) is 9.47 Å². The van der Waals surface area contributed by atoms with Crippen LogP contribution in [0.25, 0.3) is 0 Å². The molecule has 4 heteroatoms. The van der Waals surface area contributed by atoms with E-state index in [-0.39, 0.29) is 23.8 Å². The van der Waals surface area contributed by atoms with Crippen molar-refractivity contribution in [3.63, 3.8) is 0 Å². The highest BCUT2D eigenvalue weighted by Gasteiger charge is 2.34. The van der Waals surface area contributed by atoms with Gasteiger partial charge in [-0.2, -0.15) is 0 Å². The average Bonchev–Trinajstić information content (AvgIpc) is 2.93. The number of hydrogen-bond donors (Lipinski definition) is 0. The lowest BCUT2D eigenvalue weighted by atomic mass is 9.83. The fraction of sp³-hybridized carbons (Fsp3) is 0.941. The lowest BCUT2D eigenvalue weighted by Gasteiger charge is -2.23. The second-order valence-electron chi connectivity index (χ2n) is 11.6. The second-order valence-corrected chi connectivity index (χ2v) is 11.6. The summed E-state index contributed by atoms with van der Waals surface area (Å²) in [6.45, 7) is 4.53. The van der Waals surface area contributed by atoms with Gasteiger partial charge in [0.1, 0.15) is 0 Å². The minimum Gasteiger partial charge on any atom is -0.469 e. The number of carbonyl (C=O) groups excluding carboxylic acids is 2. The Bertz CT molecular complexity index is 473. The van der Waals surface area contributed by atoms with Crippen LogP contribution in [0.5, 0.6) is 0 Å². The van der Waals surface area contributed by atoms with Gasteiger partial charge in [-0.1, -0.05) is 168 Å². The summed E-state index contributed by atoms with van der Waals surface area (Å²) in [5, 5.41) is 0. The Morgan fingerprint density at radius 1 is 0.395 bits per heavy atom. The smallest absolute Gasteiger partial charge is 0.309 e. The van der Waals surface area contributed by atoms with Crippen molar-refractivity contribution in [1.29, 1.82) is 0 Å². The van der Waals surface area contributed by atoms with Gasteiger partial charge < -0.3 is 9.47 Å². The highest BCUT2D eigenvalue weighted by molar-refractivity contribution is 5.81. The van der Waals surface area contributed by atoms with Crippen molar-refractivity contribution < 1.29 is 19.1 Å². The van der Waals surface area contributed by atoms with Crippen LogP contribution in [0.2, 0.25) is 0 Å². The first-order valence-corrected chi connectivity index (χ1v) is 16.8. The molecular formula is C34H66O4. The Hall–Kier alpha value is -1.06. The highest BCUT2D eigenvalue weighted by Crippen LogP contribution is 2.28. The summed E-state index contributed by atoms with van der Waals surface area (Å²) in [6.07, 6.45) is 32.4. The summed E-state index contributed by atoms with van der Waals surface area (Å²) in [5.41, 5.74) is 0. The summed E-state index contributed by atoms with van der Waals surface area (Å²) >= 11 is 0. The molecule has 0 N–H and O–H groups in total. The van der Waals surface area contributed by atoms with E-state index in [0.29, 0.717) is 0 Å². The van der Waals surface area contributed by atoms with Gasteiger partial charge in [-0.15, -0.1) is 0 Å². The van der Waals surface area contributed by atoms with Gasteiger partial charge in [0.15, 0.2) is 0 Å². The van der Waals surface area contributed by atoms with Crippen LogP contribution < -0.4 is 0 Å². The molecule has 0 rings (SSSR count). The van der Waals surface area contributed by atoms with Crippen LogP contribution in [0, 0.1) is 11.8 Å². The summed E-state index contributed by atoms with van der Waals surface area (Å²) in [7, 11) is 2.88. The summed E-state index contributed by atoms with van der Waals surface area (Å²) in [6, 6.07) is 0. The van der Waals surface area contributed by atoms with E-state index in [0.717, 1.165) is 38.5 Å². The SMILES string of the molecule is CCCCCCCCCCCCCCC(C(=O)OC)C(CCCCCCCCCCCCCC)C(=O)OC. The molecule has 2 atom stereocenters. The molecule has 0 amide bonds. The maximum Gasteiger partial charge on any atom is 0.309 e. The largest absolute Gasteiger partial charge is 0.469 e. The first kappa shape index (κ1) is 36.9. The monoisotopic (exact) mass is 538 g/mol. The molecule has 0 heterocycles. The predicted molar refractivity (Wildman–Crippen MR) is 162 cm³/mol. The molecule has 0 aliphatic carbocycles. The molecular weight excluding hydrogens is 472 g/mol. The van der Waals surface area contributed by atoms with Crippen LogP contribution >= 0.6 is 0 Å². The number of methoxy groups -OCH3 is 2. The predicted octanol–water partition coefficient (Wildman–Crippen LogP) is 10.7. The van der Waals surface area contributed by atoms with Crippen LogP contribution in [-0.4, -0.2) is 26.2 Å². The fourth-order valence-corrected chi connectivity index (χ4v) is 5.68. The number of ether oxygens (including phenoxy) is 2. The quantitative estimate of drug-likeness (QED) is 0.0702. The van der Waals surface area contributed by atoms with E-state index >= 15 is 0 Å². The molecule has 4 nitrogen and oxygen atoms in total. The van der Waals surface area contributed by atoms with Gasteiger partial charge in [-0.25, -0.2) is 0 Å². The molecule has 0 aliphatic rings. The molecule has 0 aromatic rings. The summed E-state index contributed by atoms with van der Waals surface area (Å²) < 4.78 is 10.2. The van der Waals surface area contributed by atoms with Crippen LogP contribution in [0.1, 0.15) is 181 Å². The van der Waals surface area contributed by atoms with E-state index in [1.165, 1.54) is 143 Å². The molecule has 0 aromatic carbocycles. The van der Waals surface area contributed by atoms with Crippen molar-refractivity contribution in [2.75, 3.05) is 14.2 Å². The van der Waals surface area contributed by atoms with Crippen molar-refractivity contribution in [3.8, 4) is 0 Å². The Morgan fingerprint density at radius 3 is 0.816 bits per heavy atom. The molecule has 0 saturated carbocycles. The van der Waals surface area contributed by atoms with Crippen LogP contribution in [0.3, 0.4) is 0 Å². The second kappa shape index (κ2) is 28.9. The summed E-state index contributed by atoms with van der Waals surface area (Å²) in [5.74, 6) is -1.24. The van der Waals surface area contributed by atoms with Crippen LogP contribution in [0.4, 0.5) is 0 Å². The first-order valence-electron chi connectivity index (χ1n) is 16.8. The molecule has 0 fully saturated rings. The van der Waals surface area contributed by atoms with Crippen molar-refractivity contribution in [2.45, 2.75) is 181 Å². The van der Waals surface area contributed by atoms with Gasteiger partial charge in [0.25, 0.3) is 0 Å². The minimum atomic E-state index is -0.372. The molecule has 0 bridgehead atoms. The Morgan fingerprint density at radius 2 is 0.605 bits per heavy atom. The Labute approximate surface area is 237 Å². The topological polar surface area (TPSA) is 52.6 Å². The lowest BCUT2D eigenvalue weighted by molar-refractivity contribution is -0.158. The highest BCUT2D eigenvalue weighted by atomic mass is 16.5. The third-order valence-electron chi connectivity index (χ3n) is 8.23.